The molecular weight excluding hydrogens is 349 g/mol. The van der Waals surface area contributed by atoms with Gasteiger partial charge in [0.15, 0.2) is 11.6 Å². The van der Waals surface area contributed by atoms with Gasteiger partial charge in [-0.15, -0.1) is 11.8 Å². The van der Waals surface area contributed by atoms with Crippen molar-refractivity contribution in [2.45, 2.75) is 4.90 Å². The molecule has 3 rings (SSSR count). The van der Waals surface area contributed by atoms with E-state index in [1.165, 1.54) is 23.9 Å². The van der Waals surface area contributed by atoms with E-state index in [1.54, 1.807) is 23.1 Å². The second-order valence-corrected chi connectivity index (χ2v) is 6.73. The lowest BCUT2D eigenvalue weighted by atomic mass is 10.2. The van der Waals surface area contributed by atoms with Gasteiger partial charge in [0, 0.05) is 31.1 Å². The van der Waals surface area contributed by atoms with E-state index >= 15 is 0 Å². The predicted molar refractivity (Wildman–Crippen MR) is 92.3 cm³/mol. The van der Waals surface area contributed by atoms with E-state index in [4.69, 9.17) is 0 Å². The van der Waals surface area contributed by atoms with E-state index in [1.807, 2.05) is 4.90 Å². The summed E-state index contributed by atoms with van der Waals surface area (Å²) in [5.41, 5.74) is 0.547. The van der Waals surface area contributed by atoms with E-state index < -0.39 is 11.6 Å². The standard InChI is InChI=1S/C18H17F3N2OS/c19-14-6-5-13(11-16(14)21)25-12-18(24)23-9-7-22(8-10-23)17-4-2-1-3-15(17)20/h1-6,11H,7-10,12H2. The Kier molecular flexibility index (Phi) is 5.53. The third-order valence-corrected chi connectivity index (χ3v) is 5.06. The summed E-state index contributed by atoms with van der Waals surface area (Å²) in [6.07, 6.45) is 0. The number of amides is 1. The number of piperazine rings is 1. The Morgan fingerprint density at radius 1 is 0.920 bits per heavy atom. The van der Waals surface area contributed by atoms with Gasteiger partial charge in [-0.2, -0.15) is 0 Å². The molecule has 1 heterocycles. The average Bonchev–Trinajstić information content (AvgIpc) is 2.63. The van der Waals surface area contributed by atoms with Gasteiger partial charge in [0.05, 0.1) is 11.4 Å². The number of thioether (sulfide) groups is 1. The van der Waals surface area contributed by atoms with Gasteiger partial charge in [0.2, 0.25) is 5.91 Å². The van der Waals surface area contributed by atoms with Crippen LogP contribution in [0.25, 0.3) is 0 Å². The number of carbonyl (C=O) groups excluding carboxylic acids is 1. The minimum Gasteiger partial charge on any atom is -0.366 e. The van der Waals surface area contributed by atoms with Crippen molar-refractivity contribution in [1.82, 2.24) is 4.90 Å². The first-order chi connectivity index (χ1) is 12.0. The zero-order valence-electron chi connectivity index (χ0n) is 13.4. The molecule has 25 heavy (non-hydrogen) atoms. The summed E-state index contributed by atoms with van der Waals surface area (Å²) in [7, 11) is 0. The zero-order valence-corrected chi connectivity index (χ0v) is 14.2. The number of carbonyl (C=O) groups is 1. The number of anilines is 1. The molecule has 0 aromatic heterocycles. The smallest absolute Gasteiger partial charge is 0.233 e. The molecule has 2 aromatic rings. The normalized spacial score (nSPS) is 14.7. The van der Waals surface area contributed by atoms with E-state index in [9.17, 15) is 18.0 Å². The fraction of sp³-hybridized carbons (Fsp3) is 0.278. The highest BCUT2D eigenvalue weighted by Crippen LogP contribution is 2.23. The molecule has 3 nitrogen and oxygen atoms in total. The first-order valence-corrected chi connectivity index (χ1v) is 8.88. The Hall–Kier alpha value is -2.15. The van der Waals surface area contributed by atoms with Crippen LogP contribution in [0.15, 0.2) is 47.4 Å². The molecule has 1 amide bonds. The van der Waals surface area contributed by atoms with Crippen molar-refractivity contribution in [3.05, 3.63) is 59.9 Å². The maximum atomic E-state index is 13.8. The SMILES string of the molecule is O=C(CSc1ccc(F)c(F)c1)N1CCN(c2ccccc2F)CC1. The predicted octanol–water partition coefficient (Wildman–Crippen LogP) is 3.54. The second-order valence-electron chi connectivity index (χ2n) is 5.68. The van der Waals surface area contributed by atoms with Crippen LogP contribution in [0, 0.1) is 17.5 Å². The number of hydrogen-bond acceptors (Lipinski definition) is 3. The molecule has 1 aliphatic rings. The third-order valence-electron chi connectivity index (χ3n) is 4.08. The van der Waals surface area contributed by atoms with Gasteiger partial charge in [0.25, 0.3) is 0 Å². The Morgan fingerprint density at radius 2 is 1.64 bits per heavy atom. The summed E-state index contributed by atoms with van der Waals surface area (Å²) in [5.74, 6) is -2.00. The number of nitrogens with zero attached hydrogens (tertiary/aromatic N) is 2. The highest BCUT2D eigenvalue weighted by atomic mass is 32.2. The van der Waals surface area contributed by atoms with E-state index in [-0.39, 0.29) is 17.5 Å². The quantitative estimate of drug-likeness (QED) is 0.774. The van der Waals surface area contributed by atoms with Crippen molar-refractivity contribution >= 4 is 23.4 Å². The van der Waals surface area contributed by atoms with E-state index in [0.717, 1.165) is 12.1 Å². The Balaban J connectivity index is 1.51. The third kappa shape index (κ3) is 4.28. The molecule has 0 N–H and O–H groups in total. The van der Waals surface area contributed by atoms with Crippen molar-refractivity contribution in [2.75, 3.05) is 36.8 Å². The summed E-state index contributed by atoms with van der Waals surface area (Å²) in [5, 5.41) is 0. The van der Waals surface area contributed by atoms with Crippen LogP contribution in [-0.2, 0) is 4.79 Å². The molecular formula is C18H17F3N2OS. The molecule has 1 fully saturated rings. The van der Waals surface area contributed by atoms with Gasteiger partial charge in [0.1, 0.15) is 5.82 Å². The minimum atomic E-state index is -0.920. The van der Waals surface area contributed by atoms with Crippen LogP contribution in [0.2, 0.25) is 0 Å². The molecule has 0 spiro atoms. The number of benzene rings is 2. The second kappa shape index (κ2) is 7.82. The van der Waals surface area contributed by atoms with E-state index in [0.29, 0.717) is 36.8 Å². The molecule has 0 saturated carbocycles. The van der Waals surface area contributed by atoms with Crippen LogP contribution >= 0.6 is 11.8 Å². The fourth-order valence-corrected chi connectivity index (χ4v) is 3.53. The lowest BCUT2D eigenvalue weighted by Gasteiger charge is -2.36. The van der Waals surface area contributed by atoms with Gasteiger partial charge < -0.3 is 9.80 Å². The van der Waals surface area contributed by atoms with Crippen LogP contribution in [0.1, 0.15) is 0 Å². The van der Waals surface area contributed by atoms with Crippen molar-refractivity contribution in [1.29, 1.82) is 0 Å². The summed E-state index contributed by atoms with van der Waals surface area (Å²) in [6.45, 7) is 2.13. The van der Waals surface area contributed by atoms with Gasteiger partial charge in [-0.05, 0) is 30.3 Å². The lowest BCUT2D eigenvalue weighted by Crippen LogP contribution is -2.49. The topological polar surface area (TPSA) is 23.6 Å². The van der Waals surface area contributed by atoms with E-state index in [2.05, 4.69) is 0 Å². The molecule has 1 saturated heterocycles. The maximum Gasteiger partial charge on any atom is 0.233 e. The van der Waals surface area contributed by atoms with Gasteiger partial charge >= 0.3 is 0 Å². The molecule has 0 bridgehead atoms. The van der Waals surface area contributed by atoms with Crippen molar-refractivity contribution in [2.24, 2.45) is 0 Å². The number of para-hydroxylation sites is 1. The molecule has 0 radical (unpaired) electrons. The van der Waals surface area contributed by atoms with Crippen LogP contribution in [0.3, 0.4) is 0 Å². The lowest BCUT2D eigenvalue weighted by molar-refractivity contribution is -0.128. The highest BCUT2D eigenvalue weighted by molar-refractivity contribution is 8.00. The van der Waals surface area contributed by atoms with Crippen LogP contribution in [-0.4, -0.2) is 42.7 Å². The Morgan fingerprint density at radius 3 is 2.32 bits per heavy atom. The average molecular weight is 366 g/mol. The van der Waals surface area contributed by atoms with Crippen molar-refractivity contribution in [3.63, 3.8) is 0 Å². The van der Waals surface area contributed by atoms with Crippen LogP contribution in [0.4, 0.5) is 18.9 Å². The molecule has 132 valence electrons. The molecule has 1 aliphatic heterocycles. The Bertz CT molecular complexity index is 764. The first kappa shape index (κ1) is 17.7. The van der Waals surface area contributed by atoms with Gasteiger partial charge in [-0.1, -0.05) is 12.1 Å². The highest BCUT2D eigenvalue weighted by Gasteiger charge is 2.22. The molecule has 0 unspecified atom stereocenters. The summed E-state index contributed by atoms with van der Waals surface area (Å²) in [4.78, 5) is 16.4. The largest absolute Gasteiger partial charge is 0.366 e. The minimum absolute atomic E-state index is 0.0667. The number of hydrogen-bond donors (Lipinski definition) is 0. The summed E-state index contributed by atoms with van der Waals surface area (Å²) < 4.78 is 39.9. The summed E-state index contributed by atoms with van der Waals surface area (Å²) in [6, 6.07) is 10.2. The van der Waals surface area contributed by atoms with Gasteiger partial charge in [-0.3, -0.25) is 4.79 Å². The van der Waals surface area contributed by atoms with Crippen molar-refractivity contribution in [3.8, 4) is 0 Å². The fourth-order valence-electron chi connectivity index (χ4n) is 2.71. The van der Waals surface area contributed by atoms with Crippen LogP contribution < -0.4 is 4.90 Å². The molecule has 2 aromatic carbocycles. The maximum absolute atomic E-state index is 13.8. The first-order valence-electron chi connectivity index (χ1n) is 7.89. The monoisotopic (exact) mass is 366 g/mol. The zero-order chi connectivity index (χ0) is 17.8. The molecule has 0 aliphatic carbocycles. The van der Waals surface area contributed by atoms with Gasteiger partial charge in [-0.25, -0.2) is 13.2 Å². The molecule has 0 atom stereocenters. The van der Waals surface area contributed by atoms with Crippen LogP contribution in [0.5, 0.6) is 0 Å². The number of rotatable bonds is 4. The Labute approximate surface area is 148 Å². The van der Waals surface area contributed by atoms with Crippen molar-refractivity contribution < 1.29 is 18.0 Å². The summed E-state index contributed by atoms with van der Waals surface area (Å²) >= 11 is 1.17. The molecule has 7 heteroatoms. The number of halogens is 3.